The number of carboxylic acid groups (broad SMARTS) is 2. The van der Waals surface area contributed by atoms with Crippen LogP contribution in [0.3, 0.4) is 0 Å². The zero-order valence-electron chi connectivity index (χ0n) is 48.7. The minimum absolute atomic E-state index is 0.0246. The van der Waals surface area contributed by atoms with E-state index in [9.17, 15) is 76.5 Å². The number of benzene rings is 3. The summed E-state index contributed by atoms with van der Waals surface area (Å²) in [6, 6.07) is 13.0. The molecule has 9 N–H and O–H groups in total. The standard InChI is InChI=1S/C17H11Cl2F3O5.C15H16F3N5O4S.C15H18N6O6S.C3H8NO5P/c1-8(15(23)24)26-16(25)11-7-10(3-4-12(11)18)27-14-5-2-9(6-13(14)19)17(20,21)22;1-9-19-12(22-14(20-9)27-2)21-13(24)23-28(25,26)11-6-4-3-5-10(11)7-8-15(16,17)18;1-21(2)13(22)9-6-5-7-16-12(9)28(24,25)20-15(23)19-14-17-10(26-3)8-11(18-14)27-4;5-3(6)1-4-2-10(7,8)9/h2-8H,1H3,(H,23,24);3-6H,7-8H2,1-2H3,(H2,19,20,21,22,23,24);5-8H,1-4H3,(H2,17,18,19,20,23);4H,1-2H2,(H,5,6)(H2,7,8,9)/t8-;;;/m0.../s1. The van der Waals surface area contributed by atoms with Crippen LogP contribution in [0, 0.1) is 6.92 Å². The Bertz CT molecular complexity index is 3930. The molecule has 3 aromatic carbocycles. The highest BCUT2D eigenvalue weighted by Crippen LogP contribution is 2.37. The van der Waals surface area contributed by atoms with E-state index in [0.29, 0.717) is 6.07 Å². The number of carbonyl (C=O) groups excluding carboxylic acids is 4. The third kappa shape index (κ3) is 26.8. The number of aliphatic carboxylic acids is 2. The minimum Gasteiger partial charge on any atom is -0.481 e. The van der Waals surface area contributed by atoms with Crippen molar-refractivity contribution in [1.82, 2.24) is 49.6 Å². The Morgan fingerprint density at radius 2 is 1.31 bits per heavy atom. The van der Waals surface area contributed by atoms with Crippen LogP contribution in [0.25, 0.3) is 0 Å². The smallest absolute Gasteiger partial charge is 0.416 e. The molecule has 3 heterocycles. The quantitative estimate of drug-likeness (QED) is 0.0210. The first-order chi connectivity index (χ1) is 43.1. The number of nitrogens with zero attached hydrogens (tertiary/aromatic N) is 7. The highest BCUT2D eigenvalue weighted by Gasteiger charge is 2.32. The molecule has 6 aromatic rings. The summed E-state index contributed by atoms with van der Waals surface area (Å²) in [5, 5.41) is 22.2. The van der Waals surface area contributed by atoms with Crippen molar-refractivity contribution in [2.75, 3.05) is 58.9 Å². The molecule has 0 radical (unpaired) electrons. The number of hydrogen-bond acceptors (Lipinski definition) is 23. The van der Waals surface area contributed by atoms with E-state index in [1.54, 1.807) is 9.44 Å². The van der Waals surface area contributed by atoms with Gasteiger partial charge in [0.1, 0.15) is 17.3 Å². The van der Waals surface area contributed by atoms with Gasteiger partial charge in [-0.25, -0.2) is 42.0 Å². The highest BCUT2D eigenvalue weighted by atomic mass is 35.5. The maximum atomic E-state index is 12.7. The van der Waals surface area contributed by atoms with Gasteiger partial charge in [-0.15, -0.1) is 0 Å². The van der Waals surface area contributed by atoms with Crippen LogP contribution in [0.5, 0.6) is 29.3 Å². The van der Waals surface area contributed by atoms with Crippen molar-refractivity contribution in [3.8, 4) is 29.3 Å². The summed E-state index contributed by atoms with van der Waals surface area (Å²) in [6.07, 6.45) is -11.6. The molecule has 0 aliphatic heterocycles. The molecule has 0 aliphatic carbocycles. The molecule has 1 atom stereocenters. The monoisotopic (exact) mass is 1420 g/mol. The summed E-state index contributed by atoms with van der Waals surface area (Å²) in [4.78, 5) is 109. The van der Waals surface area contributed by atoms with Gasteiger partial charge in [-0.2, -0.15) is 59.7 Å². The Balaban J connectivity index is 0.000000338. The summed E-state index contributed by atoms with van der Waals surface area (Å²) < 4.78 is 164. The van der Waals surface area contributed by atoms with Crippen molar-refractivity contribution in [3.05, 3.63) is 123 Å². The second-order valence-corrected chi connectivity index (χ2v) is 23.5. The molecule has 6 rings (SSSR count). The van der Waals surface area contributed by atoms with Crippen LogP contribution >= 0.6 is 30.8 Å². The summed E-state index contributed by atoms with van der Waals surface area (Å²) in [5.41, 5.74) is -1.38. The number of sulfonamides is 2. The molecular formula is C50H53Cl2F6N12O20PS2. The highest BCUT2D eigenvalue weighted by molar-refractivity contribution is 7.90. The second-order valence-electron chi connectivity index (χ2n) is 17.8. The molecule has 0 spiro atoms. The van der Waals surface area contributed by atoms with Crippen LogP contribution in [-0.4, -0.2) is 168 Å². The molecule has 0 unspecified atom stereocenters. The normalized spacial score (nSPS) is 11.6. The van der Waals surface area contributed by atoms with Gasteiger partial charge in [0.05, 0.1) is 71.9 Å². The number of carboxylic acids is 2. The minimum atomic E-state index is -4.56. The number of halogens is 8. The predicted octanol–water partition coefficient (Wildman–Crippen LogP) is 6.53. The third-order valence-corrected chi connectivity index (χ3v) is 14.4. The van der Waals surface area contributed by atoms with Crippen LogP contribution in [-0.2, 0) is 51.5 Å². The van der Waals surface area contributed by atoms with E-state index in [2.05, 4.69) is 45.9 Å². The van der Waals surface area contributed by atoms with Crippen molar-refractivity contribution >= 4 is 98.6 Å². The van der Waals surface area contributed by atoms with E-state index >= 15 is 0 Å². The number of ether oxygens (including phenoxy) is 5. The van der Waals surface area contributed by atoms with Gasteiger partial charge in [0.25, 0.3) is 26.0 Å². The van der Waals surface area contributed by atoms with Gasteiger partial charge in [-0.05, 0) is 80.4 Å². The molecule has 0 saturated heterocycles. The first kappa shape index (κ1) is 77.9. The van der Waals surface area contributed by atoms with Gasteiger partial charge in [-0.1, -0.05) is 41.4 Å². The zero-order chi connectivity index (χ0) is 70.4. The molecule has 0 aliphatic rings. The average Bonchev–Trinajstić information content (AvgIpc) is 0.871. The lowest BCUT2D eigenvalue weighted by Crippen LogP contribution is -2.36. The number of nitrogens with one attached hydrogen (secondary N) is 5. The average molecular weight is 1420 g/mol. The lowest BCUT2D eigenvalue weighted by atomic mass is 10.1. The maximum absolute atomic E-state index is 12.7. The molecule has 32 nitrogen and oxygen atoms in total. The fourth-order valence-corrected chi connectivity index (χ4v) is 9.36. The molecule has 5 amide bonds. The first-order valence-electron chi connectivity index (χ1n) is 25.1. The molecule has 0 saturated carbocycles. The Labute approximate surface area is 532 Å². The van der Waals surface area contributed by atoms with Gasteiger partial charge in [0.2, 0.25) is 23.7 Å². The number of aryl methyl sites for hydroxylation is 2. The van der Waals surface area contributed by atoms with Crippen molar-refractivity contribution in [2.24, 2.45) is 0 Å². The van der Waals surface area contributed by atoms with Crippen LogP contribution in [0.1, 0.15) is 51.0 Å². The van der Waals surface area contributed by atoms with Gasteiger partial charge >= 0.3 is 55.9 Å². The summed E-state index contributed by atoms with van der Waals surface area (Å²) in [7, 11) is -6.09. The third-order valence-electron chi connectivity index (χ3n) is 10.4. The number of hydrogen-bond donors (Lipinski definition) is 9. The lowest BCUT2D eigenvalue weighted by molar-refractivity contribution is -0.146. The zero-order valence-corrected chi connectivity index (χ0v) is 52.8. The Kier molecular flexibility index (Phi) is 28.8. The number of rotatable bonds is 21. The van der Waals surface area contributed by atoms with E-state index in [1.165, 1.54) is 102 Å². The fraction of sp³-hybridized carbons (Fsp3) is 0.280. The number of aromatic nitrogens is 6. The van der Waals surface area contributed by atoms with E-state index < -0.39 is 123 Å². The van der Waals surface area contributed by atoms with Crippen LogP contribution in [0.2, 0.25) is 10.0 Å². The van der Waals surface area contributed by atoms with Gasteiger partial charge in [-0.3, -0.25) is 30.1 Å². The van der Waals surface area contributed by atoms with E-state index in [-0.39, 0.29) is 73.7 Å². The Morgan fingerprint density at radius 3 is 1.84 bits per heavy atom. The topological polar surface area (TPSA) is 456 Å². The number of anilines is 2. The van der Waals surface area contributed by atoms with Crippen molar-refractivity contribution in [2.45, 2.75) is 55.1 Å². The summed E-state index contributed by atoms with van der Waals surface area (Å²) >= 11 is 11.7. The maximum Gasteiger partial charge on any atom is 0.416 e. The summed E-state index contributed by atoms with van der Waals surface area (Å²) in [5.74, 6) is -4.24. The van der Waals surface area contributed by atoms with Crippen molar-refractivity contribution < 1.29 is 120 Å². The number of urea groups is 2. The number of esters is 1. The second kappa shape index (κ2) is 34.4. The Morgan fingerprint density at radius 1 is 0.720 bits per heavy atom. The predicted molar refractivity (Wildman–Crippen MR) is 311 cm³/mol. The summed E-state index contributed by atoms with van der Waals surface area (Å²) in [6.45, 7) is 2.22. The number of methoxy groups -OCH3 is 3. The van der Waals surface area contributed by atoms with Crippen molar-refractivity contribution in [1.29, 1.82) is 0 Å². The van der Waals surface area contributed by atoms with Gasteiger partial charge < -0.3 is 48.6 Å². The van der Waals surface area contributed by atoms with Crippen LogP contribution < -0.4 is 44.3 Å². The fourth-order valence-electron chi connectivity index (χ4n) is 6.33. The van der Waals surface area contributed by atoms with Gasteiger partial charge in [0.15, 0.2) is 11.1 Å². The first-order valence-corrected chi connectivity index (χ1v) is 30.6. The van der Waals surface area contributed by atoms with Crippen LogP contribution in [0.4, 0.5) is 47.8 Å². The largest absolute Gasteiger partial charge is 0.481 e. The Hall–Kier alpha value is -9.31. The van der Waals surface area contributed by atoms with Crippen molar-refractivity contribution in [3.63, 3.8) is 0 Å². The van der Waals surface area contributed by atoms with Crippen LogP contribution in [0.15, 0.2) is 95.0 Å². The molecule has 0 bridgehead atoms. The number of carbonyl (C=O) groups is 6. The lowest BCUT2D eigenvalue weighted by Gasteiger charge is -2.14. The van der Waals surface area contributed by atoms with Gasteiger partial charge in [0, 0.05) is 26.7 Å². The molecule has 506 valence electrons. The molecule has 0 fully saturated rings. The number of alkyl halides is 6. The molecule has 43 heteroatoms. The molecule has 3 aromatic heterocycles. The molecular weight excluding hydrogens is 1370 g/mol. The van der Waals surface area contributed by atoms with E-state index in [1.807, 2.05) is 0 Å². The number of pyridine rings is 1. The number of amides is 5. The SMILES string of the molecule is COc1cc(OC)nc(NC(=O)NS(=O)(=O)c2ncccc2C(=O)N(C)C)n1.COc1nc(C)nc(NC(=O)NS(=O)(=O)c2ccccc2CCC(F)(F)F)n1.C[C@H](OC(=O)c1cc(Oc2ccc(C(F)(F)F)cc2Cl)ccc1Cl)C(=O)O.O=C(O)CNCP(=O)(O)O. The molecule has 93 heavy (non-hydrogen) atoms. The van der Waals surface area contributed by atoms with E-state index in [0.717, 1.165) is 31.2 Å². The van der Waals surface area contributed by atoms with E-state index in [4.69, 9.17) is 66.9 Å².